The molecule has 0 amide bonds. The highest BCUT2D eigenvalue weighted by Crippen LogP contribution is 2.21. The molecule has 15 heteroatoms. The average Bonchev–Trinajstić information content (AvgIpc) is 3.22. The van der Waals surface area contributed by atoms with Gasteiger partial charge in [0, 0.05) is 0 Å². The molecular formula is C42H44O15. The van der Waals surface area contributed by atoms with Gasteiger partial charge in [-0.1, -0.05) is 56.1 Å². The fourth-order valence-corrected chi connectivity index (χ4v) is 4.63. The Morgan fingerprint density at radius 2 is 0.754 bits per heavy atom. The lowest BCUT2D eigenvalue weighted by Crippen LogP contribution is -2.28. The predicted molar refractivity (Wildman–Crippen MR) is 204 cm³/mol. The Morgan fingerprint density at radius 3 is 1.05 bits per heavy atom. The minimum atomic E-state index is -1.40. The number of hydrogen-bond donors (Lipinski definition) is 0. The summed E-state index contributed by atoms with van der Waals surface area (Å²) in [5, 5.41) is 0. The first-order valence-corrected chi connectivity index (χ1v) is 17.4. The van der Waals surface area contributed by atoms with Crippen LogP contribution in [0.5, 0.6) is 17.2 Å². The van der Waals surface area contributed by atoms with Gasteiger partial charge in [-0.15, -0.1) is 0 Å². The zero-order valence-electron chi connectivity index (χ0n) is 31.9. The molecule has 0 spiro atoms. The molecule has 57 heavy (non-hydrogen) atoms. The van der Waals surface area contributed by atoms with E-state index in [9.17, 15) is 28.8 Å². The molecule has 0 N–H and O–H groups in total. The molecule has 3 rings (SSSR count). The molecule has 0 radical (unpaired) electrons. The topological polar surface area (TPSA) is 185 Å². The van der Waals surface area contributed by atoms with E-state index in [1.165, 1.54) is 21.3 Å². The summed E-state index contributed by atoms with van der Waals surface area (Å²) in [5.41, 5.74) is 2.14. The summed E-state index contributed by atoms with van der Waals surface area (Å²) in [6.45, 7) is 10.6. The Bertz CT molecular complexity index is 1800. The smallest absolute Gasteiger partial charge is 0.337 e. The second-order valence-corrected chi connectivity index (χ2v) is 11.7. The Balaban J connectivity index is 1.50. The summed E-state index contributed by atoms with van der Waals surface area (Å²) in [5.74, 6) is -2.57. The second kappa shape index (κ2) is 23.1. The SMILES string of the molecule is C=C(C(=O)OC)c1ccc(OCCC(=O)OCCC(OC(=O)CCOc2ccc(C(=C)C(=O)OC)cc2)OC(=O)CCOc2ccc(C(=C)C(=O)OC)cc2)cc1. The van der Waals surface area contributed by atoms with E-state index < -0.39 is 42.1 Å². The number of esters is 6. The summed E-state index contributed by atoms with van der Waals surface area (Å²) in [6, 6.07) is 19.3. The van der Waals surface area contributed by atoms with Crippen molar-refractivity contribution in [2.75, 3.05) is 47.8 Å². The maximum atomic E-state index is 12.7. The highest BCUT2D eigenvalue weighted by atomic mass is 16.7. The number of rotatable bonds is 23. The number of carbonyl (C=O) groups excluding carboxylic acids is 6. The zero-order valence-corrected chi connectivity index (χ0v) is 31.9. The highest BCUT2D eigenvalue weighted by molar-refractivity contribution is 6.16. The molecule has 0 fully saturated rings. The highest BCUT2D eigenvalue weighted by Gasteiger charge is 2.21. The first-order valence-electron chi connectivity index (χ1n) is 17.4. The van der Waals surface area contributed by atoms with Gasteiger partial charge in [0.15, 0.2) is 0 Å². The molecule has 0 aliphatic heterocycles. The molecule has 0 heterocycles. The van der Waals surface area contributed by atoms with E-state index >= 15 is 0 Å². The first kappa shape index (κ1) is 44.5. The summed E-state index contributed by atoms with van der Waals surface area (Å²) < 4.78 is 46.8. The van der Waals surface area contributed by atoms with Gasteiger partial charge < -0.3 is 42.6 Å². The monoisotopic (exact) mass is 788 g/mol. The van der Waals surface area contributed by atoms with Crippen LogP contribution < -0.4 is 14.2 Å². The van der Waals surface area contributed by atoms with Gasteiger partial charge in [0.2, 0.25) is 0 Å². The van der Waals surface area contributed by atoms with Crippen molar-refractivity contribution in [1.29, 1.82) is 0 Å². The van der Waals surface area contributed by atoms with E-state index in [1.54, 1.807) is 72.8 Å². The molecule has 302 valence electrons. The molecule has 0 atom stereocenters. The molecule has 0 saturated heterocycles. The Kier molecular flexibility index (Phi) is 18.0. The number of benzene rings is 3. The van der Waals surface area contributed by atoms with Gasteiger partial charge in [-0.25, -0.2) is 14.4 Å². The molecule has 0 aliphatic carbocycles. The van der Waals surface area contributed by atoms with Crippen molar-refractivity contribution >= 4 is 52.5 Å². The number of hydrogen-bond acceptors (Lipinski definition) is 15. The Morgan fingerprint density at radius 1 is 0.456 bits per heavy atom. The van der Waals surface area contributed by atoms with Crippen molar-refractivity contribution in [3.05, 3.63) is 109 Å². The fraction of sp³-hybridized carbons (Fsp3) is 0.286. The molecule has 3 aromatic carbocycles. The van der Waals surface area contributed by atoms with Crippen molar-refractivity contribution < 1.29 is 71.4 Å². The third-order valence-electron chi connectivity index (χ3n) is 7.77. The zero-order chi connectivity index (χ0) is 41.7. The van der Waals surface area contributed by atoms with Gasteiger partial charge in [0.05, 0.1) is 90.2 Å². The molecule has 0 saturated carbocycles. The van der Waals surface area contributed by atoms with Crippen LogP contribution in [-0.4, -0.2) is 89.9 Å². The maximum Gasteiger partial charge on any atom is 0.337 e. The standard InChI is InChI=1S/C42H44O15/c1-27(40(46)49-4)30-7-13-33(14-8-30)52-23-19-36(43)55-26-22-39(56-37(44)20-24-53-34-15-9-31(10-16-34)28(2)41(47)50-5)57-38(45)21-25-54-35-17-11-32(12-18-35)29(3)42(48)51-6/h7-18,39H,1-3,19-26H2,4-6H3. The number of methoxy groups -OCH3 is 3. The van der Waals surface area contributed by atoms with Crippen LogP contribution in [0.25, 0.3) is 16.7 Å². The molecule has 0 aromatic heterocycles. The predicted octanol–water partition coefficient (Wildman–Crippen LogP) is 5.30. The lowest BCUT2D eigenvalue weighted by atomic mass is 10.1. The Labute approximate surface area is 329 Å². The van der Waals surface area contributed by atoms with E-state index in [0.717, 1.165) is 0 Å². The lowest BCUT2D eigenvalue weighted by molar-refractivity contribution is -0.191. The van der Waals surface area contributed by atoms with Crippen LogP contribution in [-0.2, 0) is 57.2 Å². The molecule has 3 aromatic rings. The first-order chi connectivity index (χ1) is 27.3. The minimum Gasteiger partial charge on any atom is -0.493 e. The van der Waals surface area contributed by atoms with E-state index in [4.69, 9.17) is 28.4 Å². The van der Waals surface area contributed by atoms with Crippen molar-refractivity contribution in [2.45, 2.75) is 32.0 Å². The van der Waals surface area contributed by atoms with Crippen LogP contribution in [0.1, 0.15) is 42.4 Å². The summed E-state index contributed by atoms with van der Waals surface area (Å²) >= 11 is 0. The molecule has 0 bridgehead atoms. The van der Waals surface area contributed by atoms with Gasteiger partial charge >= 0.3 is 35.8 Å². The van der Waals surface area contributed by atoms with Crippen molar-refractivity contribution in [3.8, 4) is 17.2 Å². The average molecular weight is 789 g/mol. The van der Waals surface area contributed by atoms with Gasteiger partial charge in [0.1, 0.15) is 17.2 Å². The van der Waals surface area contributed by atoms with E-state index in [1.807, 2.05) is 0 Å². The van der Waals surface area contributed by atoms with Crippen molar-refractivity contribution in [3.63, 3.8) is 0 Å². The van der Waals surface area contributed by atoms with E-state index in [2.05, 4.69) is 33.9 Å². The molecule has 15 nitrogen and oxygen atoms in total. The molecule has 0 unspecified atom stereocenters. The summed E-state index contributed by atoms with van der Waals surface area (Å²) in [6.07, 6.45) is -2.14. The second-order valence-electron chi connectivity index (χ2n) is 11.7. The molecule has 0 aliphatic rings. The normalized spacial score (nSPS) is 10.3. The van der Waals surface area contributed by atoms with Crippen LogP contribution in [0, 0.1) is 0 Å². The molecular weight excluding hydrogens is 744 g/mol. The largest absolute Gasteiger partial charge is 0.493 e. The van der Waals surface area contributed by atoms with Crippen LogP contribution in [0.4, 0.5) is 0 Å². The van der Waals surface area contributed by atoms with Crippen LogP contribution >= 0.6 is 0 Å². The summed E-state index contributed by atoms with van der Waals surface area (Å²) in [4.78, 5) is 72.9. The van der Waals surface area contributed by atoms with Crippen LogP contribution in [0.3, 0.4) is 0 Å². The van der Waals surface area contributed by atoms with Gasteiger partial charge in [-0.3, -0.25) is 14.4 Å². The quantitative estimate of drug-likeness (QED) is 0.0521. The number of carbonyl (C=O) groups is 6. The lowest BCUT2D eigenvalue weighted by Gasteiger charge is -2.19. The van der Waals surface area contributed by atoms with Gasteiger partial charge in [-0.05, 0) is 53.1 Å². The van der Waals surface area contributed by atoms with Crippen LogP contribution in [0.15, 0.2) is 92.5 Å². The third kappa shape index (κ3) is 15.0. The fourth-order valence-electron chi connectivity index (χ4n) is 4.63. The number of ether oxygens (including phenoxy) is 9. The van der Waals surface area contributed by atoms with Crippen molar-refractivity contribution in [1.82, 2.24) is 0 Å². The summed E-state index contributed by atoms with van der Waals surface area (Å²) in [7, 11) is 3.76. The van der Waals surface area contributed by atoms with Gasteiger partial charge in [0.25, 0.3) is 6.29 Å². The van der Waals surface area contributed by atoms with Gasteiger partial charge in [-0.2, -0.15) is 0 Å². The van der Waals surface area contributed by atoms with Crippen LogP contribution in [0.2, 0.25) is 0 Å². The third-order valence-corrected chi connectivity index (χ3v) is 7.77. The Hall–Kier alpha value is -6.90. The van der Waals surface area contributed by atoms with E-state index in [-0.39, 0.29) is 68.8 Å². The maximum absolute atomic E-state index is 12.7. The van der Waals surface area contributed by atoms with Crippen molar-refractivity contribution in [2.24, 2.45) is 0 Å². The van der Waals surface area contributed by atoms with E-state index in [0.29, 0.717) is 33.9 Å². The minimum absolute atomic E-state index is 0.0188.